The first kappa shape index (κ1) is 13.0. The minimum atomic E-state index is -0.884. The number of nitrogens with one attached hydrogen (secondary N) is 1. The summed E-state index contributed by atoms with van der Waals surface area (Å²) in [5, 5.41) is 3.01. The van der Waals surface area contributed by atoms with Gasteiger partial charge >= 0.3 is 0 Å². The Hall–Kier alpha value is -2.43. The third-order valence-corrected chi connectivity index (χ3v) is 2.63. The topological polar surface area (TPSA) is 55.1 Å². The molecule has 98 valence electrons. The molecule has 0 unspecified atom stereocenters. The summed E-state index contributed by atoms with van der Waals surface area (Å²) in [6.07, 6.45) is 0. The van der Waals surface area contributed by atoms with Gasteiger partial charge in [-0.2, -0.15) is 0 Å². The first-order valence-corrected chi connectivity index (χ1v) is 5.64. The van der Waals surface area contributed by atoms with E-state index in [1.807, 2.05) is 0 Å². The lowest BCUT2D eigenvalue weighted by Crippen LogP contribution is -2.11. The van der Waals surface area contributed by atoms with E-state index >= 15 is 0 Å². The number of hydrogen-bond donors (Lipinski definition) is 2. The number of amides is 1. The lowest BCUT2D eigenvalue weighted by atomic mass is 10.1. The van der Waals surface area contributed by atoms with Crippen LogP contribution in [-0.2, 0) is 6.54 Å². The van der Waals surface area contributed by atoms with Gasteiger partial charge in [-0.3, -0.25) is 4.79 Å². The number of carbonyl (C=O) groups is 1. The van der Waals surface area contributed by atoms with Crippen molar-refractivity contribution in [2.75, 3.05) is 5.32 Å². The quantitative estimate of drug-likeness (QED) is 0.890. The summed E-state index contributed by atoms with van der Waals surface area (Å²) >= 11 is 0. The zero-order chi connectivity index (χ0) is 13.8. The molecule has 0 radical (unpaired) electrons. The van der Waals surface area contributed by atoms with Crippen LogP contribution < -0.4 is 11.1 Å². The van der Waals surface area contributed by atoms with E-state index in [-0.39, 0.29) is 0 Å². The van der Waals surface area contributed by atoms with Crippen LogP contribution in [0.2, 0.25) is 0 Å². The lowest BCUT2D eigenvalue weighted by molar-refractivity contribution is 0.100. The predicted octanol–water partition coefficient (Wildman–Crippen LogP) is 2.68. The van der Waals surface area contributed by atoms with E-state index < -0.39 is 17.5 Å². The molecule has 2 aromatic carbocycles. The van der Waals surface area contributed by atoms with Gasteiger partial charge in [-0.05, 0) is 35.9 Å². The normalized spacial score (nSPS) is 10.2. The molecule has 0 aliphatic heterocycles. The van der Waals surface area contributed by atoms with Gasteiger partial charge in [0.05, 0.1) is 0 Å². The predicted molar refractivity (Wildman–Crippen MR) is 68.6 cm³/mol. The molecule has 3 N–H and O–H groups in total. The second-order valence-corrected chi connectivity index (χ2v) is 4.05. The van der Waals surface area contributed by atoms with E-state index in [9.17, 15) is 13.6 Å². The molecule has 0 saturated heterocycles. The minimum absolute atomic E-state index is 0.319. The van der Waals surface area contributed by atoms with E-state index in [1.165, 1.54) is 6.07 Å². The Morgan fingerprint density at radius 1 is 1.11 bits per heavy atom. The van der Waals surface area contributed by atoms with Crippen LogP contribution in [0, 0.1) is 11.6 Å². The number of hydrogen-bond acceptors (Lipinski definition) is 2. The highest BCUT2D eigenvalue weighted by Gasteiger charge is 2.04. The Kier molecular flexibility index (Phi) is 3.75. The molecule has 5 heteroatoms. The summed E-state index contributed by atoms with van der Waals surface area (Å²) in [5.41, 5.74) is 6.83. The highest BCUT2D eigenvalue weighted by Crippen LogP contribution is 2.13. The molecule has 0 saturated carbocycles. The van der Waals surface area contributed by atoms with Gasteiger partial charge in [0.2, 0.25) is 5.91 Å². The number of halogens is 2. The maximum atomic E-state index is 13.0. The first-order chi connectivity index (χ1) is 9.06. The second kappa shape index (κ2) is 5.48. The number of rotatable bonds is 4. The van der Waals surface area contributed by atoms with Gasteiger partial charge in [0.15, 0.2) is 11.6 Å². The molecule has 19 heavy (non-hydrogen) atoms. The average Bonchev–Trinajstić information content (AvgIpc) is 2.40. The van der Waals surface area contributed by atoms with Crippen LogP contribution in [0.3, 0.4) is 0 Å². The summed E-state index contributed by atoms with van der Waals surface area (Å²) in [6, 6.07) is 10.3. The average molecular weight is 262 g/mol. The van der Waals surface area contributed by atoms with Crippen LogP contribution in [0.15, 0.2) is 42.5 Å². The van der Waals surface area contributed by atoms with E-state index in [0.717, 1.165) is 12.1 Å². The molecule has 0 spiro atoms. The van der Waals surface area contributed by atoms with Crippen molar-refractivity contribution < 1.29 is 13.6 Å². The summed E-state index contributed by atoms with van der Waals surface area (Å²) in [7, 11) is 0. The number of anilines is 1. The van der Waals surface area contributed by atoms with E-state index in [1.54, 1.807) is 24.3 Å². The van der Waals surface area contributed by atoms with Crippen LogP contribution in [0.1, 0.15) is 15.9 Å². The van der Waals surface area contributed by atoms with Gasteiger partial charge in [-0.1, -0.05) is 12.1 Å². The fourth-order valence-electron chi connectivity index (χ4n) is 1.64. The Morgan fingerprint density at radius 3 is 2.58 bits per heavy atom. The van der Waals surface area contributed by atoms with Gasteiger partial charge in [0.1, 0.15) is 0 Å². The van der Waals surface area contributed by atoms with E-state index in [0.29, 0.717) is 23.4 Å². The summed E-state index contributed by atoms with van der Waals surface area (Å²) in [5.74, 6) is -2.28. The SMILES string of the molecule is NC(=O)c1cccc(NCc2ccc(F)c(F)c2)c1. The highest BCUT2D eigenvalue weighted by molar-refractivity contribution is 5.93. The van der Waals surface area contributed by atoms with Crippen molar-refractivity contribution in [1.82, 2.24) is 0 Å². The Balaban J connectivity index is 2.07. The summed E-state index contributed by atoms with van der Waals surface area (Å²) in [4.78, 5) is 11.0. The van der Waals surface area contributed by atoms with Gasteiger partial charge in [-0.25, -0.2) is 8.78 Å². The van der Waals surface area contributed by atoms with Crippen molar-refractivity contribution in [3.05, 3.63) is 65.2 Å². The van der Waals surface area contributed by atoms with Crippen molar-refractivity contribution in [2.24, 2.45) is 5.73 Å². The number of benzene rings is 2. The Bertz CT molecular complexity index is 614. The monoisotopic (exact) mass is 262 g/mol. The molecular weight excluding hydrogens is 250 g/mol. The van der Waals surface area contributed by atoms with Crippen LogP contribution >= 0.6 is 0 Å². The fourth-order valence-corrected chi connectivity index (χ4v) is 1.64. The van der Waals surface area contributed by atoms with E-state index in [2.05, 4.69) is 5.32 Å². The summed E-state index contributed by atoms with van der Waals surface area (Å²) in [6.45, 7) is 0.319. The molecule has 3 nitrogen and oxygen atoms in total. The van der Waals surface area contributed by atoms with Crippen molar-refractivity contribution in [1.29, 1.82) is 0 Å². The molecule has 0 aliphatic carbocycles. The highest BCUT2D eigenvalue weighted by atomic mass is 19.2. The van der Waals surface area contributed by atoms with Gasteiger partial charge < -0.3 is 11.1 Å². The second-order valence-electron chi connectivity index (χ2n) is 4.05. The molecule has 0 fully saturated rings. The first-order valence-electron chi connectivity index (χ1n) is 5.64. The molecule has 2 aromatic rings. The number of nitrogens with two attached hydrogens (primary N) is 1. The lowest BCUT2D eigenvalue weighted by Gasteiger charge is -2.07. The zero-order valence-corrected chi connectivity index (χ0v) is 9.99. The smallest absolute Gasteiger partial charge is 0.248 e. The Morgan fingerprint density at radius 2 is 1.89 bits per heavy atom. The molecular formula is C14H12F2N2O. The number of carbonyl (C=O) groups excluding carboxylic acids is 1. The fraction of sp³-hybridized carbons (Fsp3) is 0.0714. The maximum absolute atomic E-state index is 13.0. The zero-order valence-electron chi connectivity index (χ0n) is 9.99. The van der Waals surface area contributed by atoms with Crippen LogP contribution in [0.5, 0.6) is 0 Å². The van der Waals surface area contributed by atoms with Crippen molar-refractivity contribution in [2.45, 2.75) is 6.54 Å². The van der Waals surface area contributed by atoms with Crippen molar-refractivity contribution >= 4 is 11.6 Å². The van der Waals surface area contributed by atoms with Crippen LogP contribution in [-0.4, -0.2) is 5.91 Å². The summed E-state index contributed by atoms with van der Waals surface area (Å²) < 4.78 is 25.8. The van der Waals surface area contributed by atoms with Crippen LogP contribution in [0.25, 0.3) is 0 Å². The third kappa shape index (κ3) is 3.28. The van der Waals surface area contributed by atoms with Gasteiger partial charge in [0.25, 0.3) is 0 Å². The largest absolute Gasteiger partial charge is 0.381 e. The standard InChI is InChI=1S/C14H12F2N2O/c15-12-5-4-9(6-13(12)16)8-18-11-3-1-2-10(7-11)14(17)19/h1-7,18H,8H2,(H2,17,19). The molecule has 0 bridgehead atoms. The van der Waals surface area contributed by atoms with E-state index in [4.69, 9.17) is 5.73 Å². The van der Waals surface area contributed by atoms with Gasteiger partial charge in [0, 0.05) is 17.8 Å². The molecule has 0 aliphatic rings. The molecule has 1 amide bonds. The van der Waals surface area contributed by atoms with Crippen molar-refractivity contribution in [3.8, 4) is 0 Å². The molecule has 0 aromatic heterocycles. The minimum Gasteiger partial charge on any atom is -0.381 e. The van der Waals surface area contributed by atoms with Crippen LogP contribution in [0.4, 0.5) is 14.5 Å². The molecule has 0 heterocycles. The maximum Gasteiger partial charge on any atom is 0.248 e. The number of primary amides is 1. The molecule has 2 rings (SSSR count). The third-order valence-electron chi connectivity index (χ3n) is 2.63. The Labute approximate surface area is 109 Å². The molecule has 0 atom stereocenters. The van der Waals surface area contributed by atoms with Gasteiger partial charge in [-0.15, -0.1) is 0 Å². The van der Waals surface area contributed by atoms with Crippen molar-refractivity contribution in [3.63, 3.8) is 0 Å².